The van der Waals surface area contributed by atoms with Gasteiger partial charge in [0, 0.05) is 22.8 Å². The second-order valence-corrected chi connectivity index (χ2v) is 9.93. The van der Waals surface area contributed by atoms with Crippen LogP contribution >= 0.6 is 0 Å². The third-order valence-corrected chi connectivity index (χ3v) is 6.73. The van der Waals surface area contributed by atoms with Crippen molar-refractivity contribution in [3.05, 3.63) is 36.0 Å². The minimum atomic E-state index is -0.479. The predicted molar refractivity (Wildman–Crippen MR) is 121 cm³/mol. The highest BCUT2D eigenvalue weighted by Crippen LogP contribution is 2.38. The average molecular weight is 454 g/mol. The van der Waals surface area contributed by atoms with E-state index in [1.54, 1.807) is 4.68 Å². The van der Waals surface area contributed by atoms with Gasteiger partial charge in [-0.05, 0) is 76.2 Å². The molecule has 10 nitrogen and oxygen atoms in total. The van der Waals surface area contributed by atoms with Crippen LogP contribution in [-0.4, -0.2) is 59.2 Å². The summed E-state index contributed by atoms with van der Waals surface area (Å²) in [7, 11) is 2.14. The fourth-order valence-corrected chi connectivity index (χ4v) is 4.83. The first-order valence-corrected chi connectivity index (χ1v) is 11.0. The molecule has 2 aliphatic rings. The Kier molecular flexibility index (Phi) is 4.96. The largest absolute Gasteiger partial charge is 0.483 e. The first-order chi connectivity index (χ1) is 15.6. The Hall–Kier alpha value is -3.34. The van der Waals surface area contributed by atoms with Crippen LogP contribution in [0.3, 0.4) is 0 Å². The van der Waals surface area contributed by atoms with E-state index in [0.29, 0.717) is 35.5 Å². The first-order valence-electron chi connectivity index (χ1n) is 11.0. The van der Waals surface area contributed by atoms with E-state index in [9.17, 15) is 4.39 Å². The maximum atomic E-state index is 14.6. The molecule has 1 saturated heterocycles. The molecule has 0 aliphatic carbocycles. The Bertz CT molecular complexity index is 1170. The highest BCUT2D eigenvalue weighted by molar-refractivity contribution is 5.63. The Labute approximate surface area is 191 Å². The summed E-state index contributed by atoms with van der Waals surface area (Å²) in [4.78, 5) is 10.9. The van der Waals surface area contributed by atoms with Gasteiger partial charge < -0.3 is 15.4 Å². The molecule has 2 aliphatic heterocycles. The number of nitrogens with zero attached hydrogens (tertiary/aromatic N) is 7. The van der Waals surface area contributed by atoms with Crippen molar-refractivity contribution in [1.82, 2.24) is 35.1 Å². The summed E-state index contributed by atoms with van der Waals surface area (Å²) in [6.45, 7) is 9.15. The van der Waals surface area contributed by atoms with Crippen molar-refractivity contribution in [3.8, 4) is 11.4 Å². The van der Waals surface area contributed by atoms with Crippen LogP contribution in [0.4, 0.5) is 21.8 Å². The lowest BCUT2D eigenvalue weighted by molar-refractivity contribution is -0.00778. The second kappa shape index (κ2) is 7.62. The van der Waals surface area contributed by atoms with Crippen LogP contribution in [0.2, 0.25) is 0 Å². The van der Waals surface area contributed by atoms with Crippen LogP contribution in [0.25, 0.3) is 5.69 Å². The molecule has 174 valence electrons. The highest BCUT2D eigenvalue weighted by Gasteiger charge is 2.43. The SMILES string of the molecule is CN1C(C)(C)CC(Nc2nc(Nc3ccc4c(c3)-n3nnnc3CO4)ncc2F)CC1(C)C. The minimum absolute atomic E-state index is 0.0235. The summed E-state index contributed by atoms with van der Waals surface area (Å²) in [5.74, 6) is 1.30. The van der Waals surface area contributed by atoms with Gasteiger partial charge in [-0.1, -0.05) is 0 Å². The lowest BCUT2D eigenvalue weighted by Crippen LogP contribution is -2.61. The van der Waals surface area contributed by atoms with Crippen LogP contribution < -0.4 is 15.4 Å². The Morgan fingerprint density at radius 1 is 1.15 bits per heavy atom. The number of benzene rings is 1. The molecule has 3 aromatic rings. The molecular weight excluding hydrogens is 425 g/mol. The quantitative estimate of drug-likeness (QED) is 0.615. The number of aromatic nitrogens is 6. The zero-order valence-electron chi connectivity index (χ0n) is 19.4. The number of hydrogen-bond acceptors (Lipinski definition) is 9. The molecule has 1 fully saturated rings. The topological polar surface area (TPSA) is 106 Å². The molecule has 0 spiro atoms. The number of likely N-dealkylation sites (tertiary alicyclic amines) is 1. The van der Waals surface area contributed by atoms with Crippen molar-refractivity contribution in [1.29, 1.82) is 0 Å². The van der Waals surface area contributed by atoms with E-state index < -0.39 is 5.82 Å². The van der Waals surface area contributed by atoms with E-state index in [1.165, 1.54) is 6.20 Å². The van der Waals surface area contributed by atoms with Crippen molar-refractivity contribution in [2.24, 2.45) is 0 Å². The van der Waals surface area contributed by atoms with Crippen LogP contribution in [0, 0.1) is 5.82 Å². The number of piperidine rings is 1. The van der Waals surface area contributed by atoms with Gasteiger partial charge in [0.15, 0.2) is 17.5 Å². The highest BCUT2D eigenvalue weighted by atomic mass is 19.1. The predicted octanol–water partition coefficient (Wildman–Crippen LogP) is 3.29. The summed E-state index contributed by atoms with van der Waals surface area (Å²) in [6, 6.07) is 5.60. The van der Waals surface area contributed by atoms with Gasteiger partial charge in [0.2, 0.25) is 5.95 Å². The smallest absolute Gasteiger partial charge is 0.229 e. The molecule has 0 unspecified atom stereocenters. The monoisotopic (exact) mass is 453 g/mol. The number of nitrogens with one attached hydrogen (secondary N) is 2. The number of hydrogen-bond donors (Lipinski definition) is 2. The van der Waals surface area contributed by atoms with E-state index in [0.717, 1.165) is 12.8 Å². The molecule has 4 heterocycles. The number of rotatable bonds is 4. The zero-order valence-corrected chi connectivity index (χ0v) is 19.4. The van der Waals surface area contributed by atoms with Crippen molar-refractivity contribution in [3.63, 3.8) is 0 Å². The molecule has 5 rings (SSSR count). The molecule has 1 aromatic carbocycles. The summed E-state index contributed by atoms with van der Waals surface area (Å²) < 4.78 is 21.9. The number of anilines is 3. The van der Waals surface area contributed by atoms with E-state index in [2.05, 4.69) is 75.8 Å². The molecule has 0 amide bonds. The molecule has 2 aromatic heterocycles. The van der Waals surface area contributed by atoms with Gasteiger partial charge in [-0.15, -0.1) is 5.10 Å². The average Bonchev–Trinajstić information content (AvgIpc) is 3.23. The van der Waals surface area contributed by atoms with Crippen LogP contribution in [0.5, 0.6) is 5.75 Å². The molecule has 11 heteroatoms. The van der Waals surface area contributed by atoms with E-state index >= 15 is 0 Å². The molecule has 0 atom stereocenters. The Balaban J connectivity index is 1.37. The van der Waals surface area contributed by atoms with Crippen LogP contribution in [-0.2, 0) is 6.61 Å². The van der Waals surface area contributed by atoms with Crippen molar-refractivity contribution in [2.75, 3.05) is 17.7 Å². The Morgan fingerprint density at radius 2 is 1.91 bits per heavy atom. The van der Waals surface area contributed by atoms with Gasteiger partial charge in [-0.3, -0.25) is 4.90 Å². The standard InChI is InChI=1S/C22H28FN9O/c1-21(2)9-14(10-22(3,4)31(21)5)25-19-15(23)11-24-20(27-19)26-13-6-7-17-16(8-13)32-18(12-33-17)28-29-30-32/h6-8,11,14H,9-10,12H2,1-5H3,(H2,24,25,26,27). The number of fused-ring (bicyclic) bond motifs is 3. The van der Waals surface area contributed by atoms with E-state index in [1.807, 2.05) is 18.2 Å². The van der Waals surface area contributed by atoms with Crippen molar-refractivity contribution in [2.45, 2.75) is 64.3 Å². The minimum Gasteiger partial charge on any atom is -0.483 e. The summed E-state index contributed by atoms with van der Waals surface area (Å²) in [6.07, 6.45) is 2.93. The molecule has 0 bridgehead atoms. The van der Waals surface area contributed by atoms with E-state index in [4.69, 9.17) is 4.74 Å². The van der Waals surface area contributed by atoms with Crippen molar-refractivity contribution < 1.29 is 9.13 Å². The maximum absolute atomic E-state index is 14.6. The molecule has 2 N–H and O–H groups in total. The molecule has 0 radical (unpaired) electrons. The summed E-state index contributed by atoms with van der Waals surface area (Å²) in [5, 5.41) is 18.1. The lowest BCUT2D eigenvalue weighted by Gasteiger charge is -2.53. The second-order valence-electron chi connectivity index (χ2n) is 9.93. The van der Waals surface area contributed by atoms with E-state index in [-0.39, 0.29) is 22.9 Å². The number of ether oxygens (including phenoxy) is 1. The van der Waals surface area contributed by atoms with Gasteiger partial charge in [0.1, 0.15) is 18.0 Å². The van der Waals surface area contributed by atoms with Gasteiger partial charge in [-0.2, -0.15) is 9.67 Å². The lowest BCUT2D eigenvalue weighted by atomic mass is 9.77. The van der Waals surface area contributed by atoms with Gasteiger partial charge in [0.25, 0.3) is 0 Å². The van der Waals surface area contributed by atoms with Crippen LogP contribution in [0.1, 0.15) is 46.4 Å². The summed E-state index contributed by atoms with van der Waals surface area (Å²) in [5.41, 5.74) is 1.37. The first kappa shape index (κ1) is 21.5. The number of halogens is 1. The fraction of sp³-hybridized carbons (Fsp3) is 0.500. The van der Waals surface area contributed by atoms with Gasteiger partial charge >= 0.3 is 0 Å². The normalized spacial score (nSPS) is 19.3. The van der Waals surface area contributed by atoms with Gasteiger partial charge in [0.05, 0.1) is 6.20 Å². The Morgan fingerprint density at radius 3 is 2.67 bits per heavy atom. The fourth-order valence-electron chi connectivity index (χ4n) is 4.83. The van der Waals surface area contributed by atoms with Crippen LogP contribution in [0.15, 0.2) is 24.4 Å². The molecule has 33 heavy (non-hydrogen) atoms. The summed E-state index contributed by atoms with van der Waals surface area (Å²) >= 11 is 0. The number of tetrazole rings is 1. The maximum Gasteiger partial charge on any atom is 0.229 e. The third-order valence-electron chi connectivity index (χ3n) is 6.73. The molecular formula is C22H28FN9O. The zero-order chi connectivity index (χ0) is 23.4. The third kappa shape index (κ3) is 3.97. The van der Waals surface area contributed by atoms with Gasteiger partial charge in [-0.25, -0.2) is 9.37 Å². The molecule has 0 saturated carbocycles. The van der Waals surface area contributed by atoms with Crippen molar-refractivity contribution >= 4 is 17.5 Å².